The topological polar surface area (TPSA) is 51.0 Å². The Labute approximate surface area is 185 Å². The molecule has 162 valence electrons. The molecule has 0 unspecified atom stereocenters. The lowest BCUT2D eigenvalue weighted by Gasteiger charge is -2.22. The zero-order valence-corrected chi connectivity index (χ0v) is 19.2. The first kappa shape index (κ1) is 22.4. The number of phenolic OH excluding ortho intramolecular Hbond substituents is 1. The smallest absolute Gasteiger partial charge is 0.161 e. The van der Waals surface area contributed by atoms with E-state index in [1.54, 1.807) is 31.5 Å². The fourth-order valence-corrected chi connectivity index (χ4v) is 3.41. The standard InChI is InChI=1S/C27H31NO3/c1-18-12-21(27(3,4)5)13-19(2)24(18)17-31-25-11-10-20(14-26(25)30-6)16-28-22-8-7-9-23(29)15-22/h7-16,29H,17H2,1-6H3. The van der Waals surface area contributed by atoms with E-state index in [0.717, 1.165) is 5.56 Å². The monoisotopic (exact) mass is 417 g/mol. The summed E-state index contributed by atoms with van der Waals surface area (Å²) in [6.45, 7) is 11.4. The van der Waals surface area contributed by atoms with Gasteiger partial charge in [-0.3, -0.25) is 4.99 Å². The normalized spacial score (nSPS) is 11.7. The summed E-state index contributed by atoms with van der Waals surface area (Å²) in [6, 6.07) is 17.1. The number of phenols is 1. The van der Waals surface area contributed by atoms with Gasteiger partial charge in [-0.2, -0.15) is 0 Å². The minimum Gasteiger partial charge on any atom is -0.508 e. The fraction of sp³-hybridized carbons (Fsp3) is 0.296. The molecule has 3 aromatic carbocycles. The molecule has 0 saturated heterocycles. The zero-order chi connectivity index (χ0) is 22.6. The Morgan fingerprint density at radius 3 is 2.26 bits per heavy atom. The minimum absolute atomic E-state index is 0.119. The van der Waals surface area contributed by atoms with Crippen LogP contribution in [-0.4, -0.2) is 18.4 Å². The van der Waals surface area contributed by atoms with Crippen molar-refractivity contribution < 1.29 is 14.6 Å². The highest BCUT2D eigenvalue weighted by molar-refractivity contribution is 5.83. The lowest BCUT2D eigenvalue weighted by molar-refractivity contribution is 0.283. The first-order chi connectivity index (χ1) is 14.7. The maximum absolute atomic E-state index is 9.57. The number of aliphatic imine (C=N–C) groups is 1. The van der Waals surface area contributed by atoms with E-state index in [2.05, 4.69) is 51.7 Å². The van der Waals surface area contributed by atoms with Gasteiger partial charge >= 0.3 is 0 Å². The molecule has 0 bridgehead atoms. The largest absolute Gasteiger partial charge is 0.508 e. The molecule has 0 saturated carbocycles. The summed E-state index contributed by atoms with van der Waals surface area (Å²) in [5.41, 5.74) is 6.69. The third-order valence-electron chi connectivity index (χ3n) is 5.31. The van der Waals surface area contributed by atoms with Crippen molar-refractivity contribution in [1.29, 1.82) is 0 Å². The molecule has 0 aliphatic carbocycles. The highest BCUT2D eigenvalue weighted by atomic mass is 16.5. The third kappa shape index (κ3) is 5.66. The molecule has 1 N–H and O–H groups in total. The molecule has 0 aliphatic rings. The van der Waals surface area contributed by atoms with Crippen LogP contribution in [-0.2, 0) is 12.0 Å². The number of hydrogen-bond donors (Lipinski definition) is 1. The van der Waals surface area contributed by atoms with Crippen LogP contribution in [0.4, 0.5) is 5.69 Å². The SMILES string of the molecule is COc1cc(C=Nc2cccc(O)c2)ccc1OCc1c(C)cc(C(C)(C)C)cc1C. The van der Waals surface area contributed by atoms with E-state index in [1.165, 1.54) is 22.3 Å². The zero-order valence-electron chi connectivity index (χ0n) is 19.2. The maximum atomic E-state index is 9.57. The van der Waals surface area contributed by atoms with E-state index in [4.69, 9.17) is 9.47 Å². The van der Waals surface area contributed by atoms with Crippen molar-refractivity contribution in [3.05, 3.63) is 82.4 Å². The Morgan fingerprint density at radius 1 is 0.935 bits per heavy atom. The third-order valence-corrected chi connectivity index (χ3v) is 5.31. The molecule has 3 rings (SSSR count). The van der Waals surface area contributed by atoms with Gasteiger partial charge in [0, 0.05) is 12.3 Å². The van der Waals surface area contributed by atoms with E-state index in [0.29, 0.717) is 23.8 Å². The number of aromatic hydroxyl groups is 1. The van der Waals surface area contributed by atoms with E-state index in [9.17, 15) is 5.11 Å². The number of aryl methyl sites for hydroxylation is 2. The van der Waals surface area contributed by atoms with Gasteiger partial charge in [0.2, 0.25) is 0 Å². The summed E-state index contributed by atoms with van der Waals surface area (Å²) in [4.78, 5) is 4.41. The van der Waals surface area contributed by atoms with Gasteiger partial charge in [-0.15, -0.1) is 0 Å². The summed E-state index contributed by atoms with van der Waals surface area (Å²) < 4.78 is 11.7. The number of benzene rings is 3. The second-order valence-corrected chi connectivity index (χ2v) is 8.82. The van der Waals surface area contributed by atoms with Crippen LogP contribution in [0, 0.1) is 13.8 Å². The van der Waals surface area contributed by atoms with Crippen LogP contribution >= 0.6 is 0 Å². The number of methoxy groups -OCH3 is 1. The Kier molecular flexibility index (Phi) is 6.69. The van der Waals surface area contributed by atoms with Crippen LogP contribution in [0.25, 0.3) is 0 Å². The van der Waals surface area contributed by atoms with Crippen molar-refractivity contribution >= 4 is 11.9 Å². The fourth-order valence-electron chi connectivity index (χ4n) is 3.41. The van der Waals surface area contributed by atoms with Crippen LogP contribution in [0.1, 0.15) is 48.6 Å². The lowest BCUT2D eigenvalue weighted by Crippen LogP contribution is -2.13. The second-order valence-electron chi connectivity index (χ2n) is 8.82. The summed E-state index contributed by atoms with van der Waals surface area (Å²) in [7, 11) is 1.63. The predicted molar refractivity (Wildman–Crippen MR) is 127 cm³/mol. The van der Waals surface area contributed by atoms with E-state index < -0.39 is 0 Å². The minimum atomic E-state index is 0.119. The molecule has 4 heteroatoms. The van der Waals surface area contributed by atoms with Gasteiger partial charge in [0.1, 0.15) is 12.4 Å². The summed E-state index contributed by atoms with van der Waals surface area (Å²) in [5.74, 6) is 1.54. The van der Waals surface area contributed by atoms with Crippen molar-refractivity contribution in [2.24, 2.45) is 4.99 Å². The molecule has 3 aromatic rings. The van der Waals surface area contributed by atoms with Gasteiger partial charge in [0.15, 0.2) is 11.5 Å². The highest BCUT2D eigenvalue weighted by Crippen LogP contribution is 2.31. The lowest BCUT2D eigenvalue weighted by atomic mass is 9.84. The summed E-state index contributed by atoms with van der Waals surface area (Å²) in [5, 5.41) is 9.57. The van der Waals surface area contributed by atoms with E-state index in [1.807, 2.05) is 24.3 Å². The van der Waals surface area contributed by atoms with Crippen molar-refractivity contribution in [2.75, 3.05) is 7.11 Å². The molecule has 0 aliphatic heterocycles. The predicted octanol–water partition coefficient (Wildman–Crippen LogP) is 6.64. The second kappa shape index (κ2) is 9.25. The Morgan fingerprint density at radius 2 is 1.65 bits per heavy atom. The van der Waals surface area contributed by atoms with Crippen LogP contribution < -0.4 is 9.47 Å². The molecule has 0 heterocycles. The molecule has 0 aromatic heterocycles. The van der Waals surface area contributed by atoms with E-state index >= 15 is 0 Å². The first-order valence-corrected chi connectivity index (χ1v) is 10.4. The molecular formula is C27H31NO3. The average molecular weight is 418 g/mol. The van der Waals surface area contributed by atoms with Crippen molar-refractivity contribution in [1.82, 2.24) is 0 Å². The molecule has 31 heavy (non-hydrogen) atoms. The van der Waals surface area contributed by atoms with E-state index in [-0.39, 0.29) is 11.2 Å². The molecule has 0 amide bonds. The average Bonchev–Trinajstić information content (AvgIpc) is 2.71. The van der Waals surface area contributed by atoms with Crippen molar-refractivity contribution in [3.63, 3.8) is 0 Å². The molecule has 0 fully saturated rings. The van der Waals surface area contributed by atoms with Crippen molar-refractivity contribution in [2.45, 2.75) is 46.6 Å². The number of rotatable bonds is 6. The van der Waals surface area contributed by atoms with Gasteiger partial charge < -0.3 is 14.6 Å². The molecule has 4 nitrogen and oxygen atoms in total. The van der Waals surface area contributed by atoms with Gasteiger partial charge in [0.25, 0.3) is 0 Å². The summed E-state index contributed by atoms with van der Waals surface area (Å²) in [6.07, 6.45) is 1.74. The Hall–Kier alpha value is -3.27. The van der Waals surface area contributed by atoms with Crippen LogP contribution in [0.3, 0.4) is 0 Å². The summed E-state index contributed by atoms with van der Waals surface area (Å²) >= 11 is 0. The van der Waals surface area contributed by atoms with Crippen LogP contribution in [0.15, 0.2) is 59.6 Å². The van der Waals surface area contributed by atoms with Crippen molar-refractivity contribution in [3.8, 4) is 17.2 Å². The highest BCUT2D eigenvalue weighted by Gasteiger charge is 2.17. The van der Waals surface area contributed by atoms with Gasteiger partial charge in [-0.05, 0) is 77.4 Å². The van der Waals surface area contributed by atoms with Crippen LogP contribution in [0.2, 0.25) is 0 Å². The molecule has 0 spiro atoms. The van der Waals surface area contributed by atoms with Gasteiger partial charge in [-0.25, -0.2) is 0 Å². The quantitative estimate of drug-likeness (QED) is 0.457. The molecular weight excluding hydrogens is 386 g/mol. The maximum Gasteiger partial charge on any atom is 0.161 e. The molecule has 0 radical (unpaired) electrons. The first-order valence-electron chi connectivity index (χ1n) is 10.4. The Bertz CT molecular complexity index is 1070. The number of hydrogen-bond acceptors (Lipinski definition) is 4. The Balaban J connectivity index is 1.77. The van der Waals surface area contributed by atoms with Gasteiger partial charge in [0.05, 0.1) is 12.8 Å². The number of nitrogens with zero attached hydrogens (tertiary/aromatic N) is 1. The molecule has 0 atom stereocenters. The number of ether oxygens (including phenoxy) is 2. The van der Waals surface area contributed by atoms with Crippen LogP contribution in [0.5, 0.6) is 17.2 Å². The van der Waals surface area contributed by atoms with Gasteiger partial charge in [-0.1, -0.05) is 39.0 Å².